The first-order valence-corrected chi connectivity index (χ1v) is 33.1. The molecule has 0 aliphatic heterocycles. The van der Waals surface area contributed by atoms with E-state index in [2.05, 4.69) is 287 Å². The van der Waals surface area contributed by atoms with Crippen molar-refractivity contribution in [2.45, 2.75) is 44.9 Å². The summed E-state index contributed by atoms with van der Waals surface area (Å²) < 4.78 is 7.40. The maximum atomic E-state index is 6.47. The third kappa shape index (κ3) is 8.27. The third-order valence-electron chi connectivity index (χ3n) is 19.4. The monoisotopic (exact) mass is 1220 g/mol. The summed E-state index contributed by atoms with van der Waals surface area (Å²) in [6.07, 6.45) is 1.08. The zero-order chi connectivity index (χ0) is 60.9. The zero-order valence-corrected chi connectivity index (χ0v) is 52.8. The van der Waals surface area contributed by atoms with Crippen LogP contribution in [0.1, 0.15) is 61.3 Å². The number of halogens is 1. The van der Waals surface area contributed by atoms with Gasteiger partial charge in [-0.1, -0.05) is 234 Å². The Morgan fingerprint density at radius 3 is 1.44 bits per heavy atom. The van der Waals surface area contributed by atoms with Crippen LogP contribution >= 0.6 is 34.3 Å². The van der Waals surface area contributed by atoms with Gasteiger partial charge in [-0.15, -0.1) is 22.7 Å². The van der Waals surface area contributed by atoms with Crippen LogP contribution in [0.2, 0.25) is 5.28 Å². The van der Waals surface area contributed by atoms with Crippen molar-refractivity contribution in [2.24, 2.45) is 0 Å². The molecule has 91 heavy (non-hydrogen) atoms. The number of benzene rings is 12. The average molecular weight is 1220 g/mol. The molecule has 0 N–H and O–H groups in total. The lowest BCUT2D eigenvalue weighted by Gasteiger charge is -2.21. The molecule has 5 aromatic heterocycles. The predicted octanol–water partition coefficient (Wildman–Crippen LogP) is 23.0. The van der Waals surface area contributed by atoms with Gasteiger partial charge in [0.25, 0.3) is 0 Å². The molecule has 0 saturated carbocycles. The lowest BCUT2D eigenvalue weighted by molar-refractivity contribution is 0.632. The summed E-state index contributed by atoms with van der Waals surface area (Å²) in [7, 11) is 0. The van der Waals surface area contributed by atoms with Crippen LogP contribution in [0.25, 0.3) is 146 Å². The smallest absolute Gasteiger partial charge is 0.235 e. The SMILES string of the molecule is CC1(C)c2ccccc2-c2c(-c3cccc4sc5ccccc5c34)nc(-n3c4ccccc4c4cc5ccccc5cc43)nc21.CC1(C)c2ccccc2-c2c(-c3cccc4sc5ccccc5c34)nc(Cl)nc21.c1ccc2c(c1)Cc1cc3ccccc3cc1-2. The minimum atomic E-state index is -0.283. The first-order valence-electron chi connectivity index (χ1n) is 31.1. The fourth-order valence-electron chi connectivity index (χ4n) is 15.2. The van der Waals surface area contributed by atoms with E-state index in [4.69, 9.17) is 31.5 Å². The molecular weight excluding hydrogens is 1170 g/mol. The van der Waals surface area contributed by atoms with Crippen LogP contribution in [0.4, 0.5) is 0 Å². The van der Waals surface area contributed by atoms with E-state index in [9.17, 15) is 0 Å². The number of hydrogen-bond donors (Lipinski definition) is 0. The average Bonchev–Trinajstić information content (AvgIpc) is 1.60. The highest BCUT2D eigenvalue weighted by molar-refractivity contribution is 7.26. The van der Waals surface area contributed by atoms with Crippen LogP contribution in [0.3, 0.4) is 0 Å². The zero-order valence-electron chi connectivity index (χ0n) is 50.4. The van der Waals surface area contributed by atoms with E-state index in [0.29, 0.717) is 11.2 Å². The number of aromatic nitrogens is 5. The van der Waals surface area contributed by atoms with Gasteiger partial charge in [0, 0.05) is 84.2 Å². The Morgan fingerprint density at radius 2 is 0.813 bits per heavy atom. The van der Waals surface area contributed by atoms with Gasteiger partial charge < -0.3 is 0 Å². The van der Waals surface area contributed by atoms with Crippen molar-refractivity contribution < 1.29 is 0 Å². The molecule has 0 unspecified atom stereocenters. The molecule has 0 spiro atoms. The largest absolute Gasteiger partial charge is 0.278 e. The number of rotatable bonds is 3. The molecule has 20 rings (SSSR count). The Balaban J connectivity index is 0.000000113. The van der Waals surface area contributed by atoms with Gasteiger partial charge in [0.1, 0.15) is 0 Å². The maximum Gasteiger partial charge on any atom is 0.235 e. The number of fused-ring (bicyclic) bond motifs is 20. The summed E-state index contributed by atoms with van der Waals surface area (Å²) in [6.45, 7) is 9.03. The Bertz CT molecular complexity index is 5920. The molecule has 0 bridgehead atoms. The second-order valence-electron chi connectivity index (χ2n) is 25.3. The second kappa shape index (κ2) is 20.4. The highest BCUT2D eigenvalue weighted by atomic mass is 35.5. The third-order valence-corrected chi connectivity index (χ3v) is 21.9. The molecule has 12 aromatic carbocycles. The van der Waals surface area contributed by atoms with E-state index in [-0.39, 0.29) is 10.8 Å². The molecular formula is C83H56ClN5S2. The number of thiophene rings is 2. The minimum Gasteiger partial charge on any atom is -0.278 e. The van der Waals surface area contributed by atoms with Crippen molar-refractivity contribution in [3.05, 3.63) is 294 Å². The van der Waals surface area contributed by atoms with Crippen LogP contribution in [-0.2, 0) is 17.3 Å². The fourth-order valence-corrected chi connectivity index (χ4v) is 17.6. The number of hydrogen-bond acceptors (Lipinski definition) is 6. The molecule has 17 aromatic rings. The maximum absolute atomic E-state index is 6.47. The lowest BCUT2D eigenvalue weighted by Crippen LogP contribution is -2.18. The van der Waals surface area contributed by atoms with Gasteiger partial charge in [0.2, 0.25) is 11.2 Å². The summed E-state index contributed by atoms with van der Waals surface area (Å²) in [5.41, 5.74) is 21.0. The van der Waals surface area contributed by atoms with Gasteiger partial charge in [-0.2, -0.15) is 0 Å². The molecule has 0 atom stereocenters. The van der Waals surface area contributed by atoms with Crippen LogP contribution in [0.15, 0.2) is 255 Å². The van der Waals surface area contributed by atoms with E-state index < -0.39 is 0 Å². The molecule has 0 fully saturated rings. The Morgan fingerprint density at radius 1 is 0.352 bits per heavy atom. The second-order valence-corrected chi connectivity index (χ2v) is 27.8. The van der Waals surface area contributed by atoms with Crippen molar-refractivity contribution in [3.63, 3.8) is 0 Å². The quantitative estimate of drug-likeness (QED) is 0.165. The van der Waals surface area contributed by atoms with Crippen molar-refractivity contribution in [3.8, 4) is 61.8 Å². The molecule has 5 heterocycles. The van der Waals surface area contributed by atoms with Crippen molar-refractivity contribution >= 4 is 118 Å². The van der Waals surface area contributed by atoms with E-state index in [1.165, 1.54) is 117 Å². The van der Waals surface area contributed by atoms with Gasteiger partial charge in [-0.3, -0.25) is 4.57 Å². The summed E-state index contributed by atoms with van der Waals surface area (Å²) in [5, 5.41) is 12.9. The summed E-state index contributed by atoms with van der Waals surface area (Å²) in [4.78, 5) is 20.6. The normalized spacial score (nSPS) is 13.7. The number of para-hydroxylation sites is 1. The summed E-state index contributed by atoms with van der Waals surface area (Å²) >= 11 is 10.1. The Kier molecular flexibility index (Phi) is 12.1. The highest BCUT2D eigenvalue weighted by Crippen LogP contribution is 2.55. The molecule has 3 aliphatic carbocycles. The topological polar surface area (TPSA) is 56.5 Å². The standard InChI is InChI=1S/C41H27N3S.C25H17ClN2S.C17H12/c1-41(2)31-18-8-5-15-27(31)37-38(29-17-11-21-35-36(29)28-16-7-10-20-34(28)45-35)42-40(43-39(37)41)44-32-19-9-6-14-26(32)30-22-24-12-3-4-13-25(24)23-33(30)44;1-25(2)17-11-5-3-8-14(17)21-22(27-24(26)28-23(21)25)16-10-7-13-19-20(16)15-9-4-6-12-18(15)29-19;1-2-6-13-11-17-15(9-12(13)5-1)10-14-7-3-4-8-16(14)17/h3-23H,1-2H3;3-13H,1-2H3;1-9,11H,10H2. The van der Waals surface area contributed by atoms with E-state index >= 15 is 0 Å². The van der Waals surface area contributed by atoms with Crippen LogP contribution < -0.4 is 0 Å². The van der Waals surface area contributed by atoms with Gasteiger partial charge in [-0.05, 0) is 133 Å². The van der Waals surface area contributed by atoms with Crippen molar-refractivity contribution in [2.75, 3.05) is 0 Å². The van der Waals surface area contributed by atoms with Gasteiger partial charge in [-0.25, -0.2) is 19.9 Å². The molecule has 3 aliphatic rings. The molecule has 0 amide bonds. The van der Waals surface area contributed by atoms with Crippen LogP contribution in [0.5, 0.6) is 0 Å². The Hall–Kier alpha value is -10.2. The summed E-state index contributed by atoms with van der Waals surface area (Å²) in [5.74, 6) is 0.711. The first-order chi connectivity index (χ1) is 44.5. The van der Waals surface area contributed by atoms with Gasteiger partial charge in [0.15, 0.2) is 0 Å². The molecule has 8 heteroatoms. The highest BCUT2D eigenvalue weighted by Gasteiger charge is 2.42. The minimum absolute atomic E-state index is 0.210. The Labute approximate surface area is 539 Å². The van der Waals surface area contributed by atoms with E-state index in [0.717, 1.165) is 62.5 Å². The van der Waals surface area contributed by atoms with Gasteiger partial charge in [0.05, 0.1) is 33.8 Å². The fraction of sp³-hybridized carbons (Fsp3) is 0.0843. The molecule has 5 nitrogen and oxygen atoms in total. The van der Waals surface area contributed by atoms with Crippen molar-refractivity contribution in [1.82, 2.24) is 24.5 Å². The van der Waals surface area contributed by atoms with Crippen molar-refractivity contribution in [1.29, 1.82) is 0 Å². The lowest BCUT2D eigenvalue weighted by atomic mass is 9.85. The number of nitrogens with zero attached hydrogens (tertiary/aromatic N) is 5. The predicted molar refractivity (Wildman–Crippen MR) is 385 cm³/mol. The van der Waals surface area contributed by atoms with Crippen LogP contribution in [0, 0.1) is 0 Å². The first kappa shape index (κ1) is 53.8. The summed E-state index contributed by atoms with van der Waals surface area (Å²) in [6, 6.07) is 91.6. The molecule has 0 saturated heterocycles. The van der Waals surface area contributed by atoms with Gasteiger partial charge >= 0.3 is 0 Å². The van der Waals surface area contributed by atoms with E-state index in [1.54, 1.807) is 0 Å². The molecule has 432 valence electrons. The van der Waals surface area contributed by atoms with E-state index in [1.807, 2.05) is 22.7 Å². The van der Waals surface area contributed by atoms with Crippen LogP contribution in [-0.4, -0.2) is 24.5 Å². The molecule has 0 radical (unpaired) electrons.